The lowest BCUT2D eigenvalue weighted by molar-refractivity contribution is -0.130. The lowest BCUT2D eigenvalue weighted by Gasteiger charge is -2.31. The Labute approximate surface area is 195 Å². The quantitative estimate of drug-likeness (QED) is 0.386. The number of fused-ring (bicyclic) bond motifs is 1. The monoisotopic (exact) mass is 516 g/mol. The third-order valence-electron chi connectivity index (χ3n) is 5.75. The van der Waals surface area contributed by atoms with E-state index in [0.29, 0.717) is 6.54 Å². The fraction of sp³-hybridized carbons (Fsp3) is 0.333. The smallest absolute Gasteiger partial charge is 0.242 e. The minimum Gasteiger partial charge on any atom is -0.347 e. The van der Waals surface area contributed by atoms with Gasteiger partial charge in [0.25, 0.3) is 0 Å². The van der Waals surface area contributed by atoms with Gasteiger partial charge in [0.15, 0.2) is 5.96 Å². The zero-order chi connectivity index (χ0) is 20.1. The van der Waals surface area contributed by atoms with Crippen molar-refractivity contribution in [3.8, 4) is 0 Å². The van der Waals surface area contributed by atoms with Crippen LogP contribution in [-0.4, -0.2) is 54.9 Å². The third-order valence-corrected chi connectivity index (χ3v) is 5.75. The van der Waals surface area contributed by atoms with E-state index in [2.05, 4.69) is 63.7 Å². The molecule has 2 aromatic carbocycles. The van der Waals surface area contributed by atoms with Crippen molar-refractivity contribution in [2.24, 2.45) is 4.99 Å². The van der Waals surface area contributed by atoms with Crippen molar-refractivity contribution < 1.29 is 4.79 Å². The van der Waals surface area contributed by atoms with Gasteiger partial charge in [0.2, 0.25) is 5.91 Å². The number of benzene rings is 2. The van der Waals surface area contributed by atoms with E-state index in [1.54, 1.807) is 7.05 Å². The summed E-state index contributed by atoms with van der Waals surface area (Å²) >= 11 is 0. The molecule has 2 aliphatic heterocycles. The molecule has 0 atom stereocenters. The van der Waals surface area contributed by atoms with Crippen LogP contribution in [0.5, 0.6) is 0 Å². The molecule has 2 aromatic rings. The second-order valence-electron chi connectivity index (χ2n) is 7.53. The molecule has 0 radical (unpaired) electrons. The molecule has 2 aliphatic rings. The zero-order valence-electron chi connectivity index (χ0n) is 17.4. The van der Waals surface area contributed by atoms with E-state index in [1.807, 2.05) is 17.0 Å². The van der Waals surface area contributed by atoms with Crippen LogP contribution < -0.4 is 5.32 Å². The minimum atomic E-state index is 0. The summed E-state index contributed by atoms with van der Waals surface area (Å²) in [4.78, 5) is 21.3. The van der Waals surface area contributed by atoms with Gasteiger partial charge < -0.3 is 15.1 Å². The molecule has 1 amide bonds. The molecule has 0 saturated heterocycles. The molecule has 0 aliphatic carbocycles. The Morgan fingerprint density at radius 2 is 1.67 bits per heavy atom. The Morgan fingerprint density at radius 3 is 2.37 bits per heavy atom. The summed E-state index contributed by atoms with van der Waals surface area (Å²) in [5.74, 6) is 0.914. The SMILES string of the molecule is CN=C(NCC(=O)N1CCc2ccccc2C1)N1CC=C(c2ccccc2)CC1.I. The predicted octanol–water partition coefficient (Wildman–Crippen LogP) is 3.55. The summed E-state index contributed by atoms with van der Waals surface area (Å²) in [6.45, 7) is 3.45. The number of guanidine groups is 1. The summed E-state index contributed by atoms with van der Waals surface area (Å²) in [7, 11) is 1.78. The van der Waals surface area contributed by atoms with Gasteiger partial charge >= 0.3 is 0 Å². The van der Waals surface area contributed by atoms with Crippen LogP contribution in [0.25, 0.3) is 5.57 Å². The van der Waals surface area contributed by atoms with Gasteiger partial charge in [-0.2, -0.15) is 0 Å². The molecule has 5 nitrogen and oxygen atoms in total. The van der Waals surface area contributed by atoms with Gasteiger partial charge in [-0.25, -0.2) is 0 Å². The fourth-order valence-corrected chi connectivity index (χ4v) is 4.08. The van der Waals surface area contributed by atoms with Crippen molar-refractivity contribution in [3.05, 3.63) is 77.4 Å². The van der Waals surface area contributed by atoms with Crippen LogP contribution >= 0.6 is 24.0 Å². The Hall–Kier alpha value is -2.35. The molecule has 158 valence electrons. The number of rotatable bonds is 3. The van der Waals surface area contributed by atoms with Crippen LogP contribution in [0.15, 0.2) is 65.7 Å². The molecule has 0 fully saturated rings. The Kier molecular flexibility index (Phi) is 7.90. The first-order valence-corrected chi connectivity index (χ1v) is 10.3. The maximum absolute atomic E-state index is 12.7. The lowest BCUT2D eigenvalue weighted by Crippen LogP contribution is -2.48. The first-order valence-electron chi connectivity index (χ1n) is 10.3. The predicted molar refractivity (Wildman–Crippen MR) is 133 cm³/mol. The average Bonchev–Trinajstić information content (AvgIpc) is 2.80. The van der Waals surface area contributed by atoms with Crippen LogP contribution in [-0.2, 0) is 17.8 Å². The molecule has 0 unspecified atom stereocenters. The van der Waals surface area contributed by atoms with Crippen molar-refractivity contribution in [2.45, 2.75) is 19.4 Å². The van der Waals surface area contributed by atoms with Crippen molar-refractivity contribution in [1.29, 1.82) is 0 Å². The molecule has 2 heterocycles. The van der Waals surface area contributed by atoms with Gasteiger partial charge in [0.05, 0.1) is 6.54 Å². The van der Waals surface area contributed by atoms with E-state index >= 15 is 0 Å². The highest BCUT2D eigenvalue weighted by Crippen LogP contribution is 2.22. The Bertz CT molecular complexity index is 926. The number of carbonyl (C=O) groups is 1. The summed E-state index contributed by atoms with van der Waals surface area (Å²) in [6.07, 6.45) is 4.16. The van der Waals surface area contributed by atoms with Crippen molar-refractivity contribution in [2.75, 3.05) is 33.2 Å². The minimum absolute atomic E-state index is 0. The largest absolute Gasteiger partial charge is 0.347 e. The number of hydrogen-bond donors (Lipinski definition) is 1. The van der Waals surface area contributed by atoms with E-state index in [1.165, 1.54) is 22.3 Å². The molecule has 1 N–H and O–H groups in total. The van der Waals surface area contributed by atoms with Crippen LogP contribution in [0.2, 0.25) is 0 Å². The van der Waals surface area contributed by atoms with Gasteiger partial charge in [-0.3, -0.25) is 9.79 Å². The van der Waals surface area contributed by atoms with E-state index in [-0.39, 0.29) is 36.4 Å². The second kappa shape index (κ2) is 10.6. The second-order valence-corrected chi connectivity index (χ2v) is 7.53. The molecule has 4 rings (SSSR count). The molecule has 0 bridgehead atoms. The van der Waals surface area contributed by atoms with Crippen LogP contribution in [0.1, 0.15) is 23.1 Å². The van der Waals surface area contributed by atoms with Crippen molar-refractivity contribution >= 4 is 41.4 Å². The van der Waals surface area contributed by atoms with Gasteiger partial charge in [-0.05, 0) is 35.1 Å². The molecule has 30 heavy (non-hydrogen) atoms. The van der Waals surface area contributed by atoms with Crippen molar-refractivity contribution in [3.63, 3.8) is 0 Å². The highest BCUT2D eigenvalue weighted by molar-refractivity contribution is 14.0. The molecular weight excluding hydrogens is 487 g/mol. The first kappa shape index (κ1) is 22.3. The van der Waals surface area contributed by atoms with Gasteiger partial charge in [0.1, 0.15) is 0 Å². The third kappa shape index (κ3) is 5.22. The maximum Gasteiger partial charge on any atom is 0.242 e. The first-order chi connectivity index (χ1) is 14.2. The van der Waals surface area contributed by atoms with Crippen LogP contribution in [0, 0.1) is 0 Å². The normalized spacial score (nSPS) is 16.3. The van der Waals surface area contributed by atoms with E-state index < -0.39 is 0 Å². The van der Waals surface area contributed by atoms with E-state index in [9.17, 15) is 4.79 Å². The van der Waals surface area contributed by atoms with Crippen molar-refractivity contribution in [1.82, 2.24) is 15.1 Å². The Morgan fingerprint density at radius 1 is 0.967 bits per heavy atom. The molecule has 0 aromatic heterocycles. The van der Waals surface area contributed by atoms with Gasteiger partial charge in [-0.15, -0.1) is 24.0 Å². The molecule has 6 heteroatoms. The number of halogens is 1. The Balaban J connectivity index is 0.00000256. The van der Waals surface area contributed by atoms with E-state index in [4.69, 9.17) is 0 Å². The summed E-state index contributed by atoms with van der Waals surface area (Å²) in [5, 5.41) is 3.27. The zero-order valence-corrected chi connectivity index (χ0v) is 19.7. The number of nitrogens with one attached hydrogen (secondary N) is 1. The summed E-state index contributed by atoms with van der Waals surface area (Å²) in [6, 6.07) is 18.9. The molecular formula is C24H29IN4O. The van der Waals surface area contributed by atoms with Crippen LogP contribution in [0.3, 0.4) is 0 Å². The lowest BCUT2D eigenvalue weighted by atomic mass is 10.00. The molecule has 0 spiro atoms. The highest BCUT2D eigenvalue weighted by atomic mass is 127. The topological polar surface area (TPSA) is 47.9 Å². The standard InChI is InChI=1S/C24H28N4O.HI/c1-25-24(27-14-11-21(12-15-27)19-7-3-2-4-8-19)26-17-23(29)28-16-13-20-9-5-6-10-22(20)18-28;/h2-11H,12-18H2,1H3,(H,25,26);1H. The number of hydrogen-bond acceptors (Lipinski definition) is 2. The summed E-state index contributed by atoms with van der Waals surface area (Å²) in [5.41, 5.74) is 5.27. The summed E-state index contributed by atoms with van der Waals surface area (Å²) < 4.78 is 0. The number of carbonyl (C=O) groups excluding carboxylic acids is 1. The number of nitrogens with zero attached hydrogens (tertiary/aromatic N) is 3. The van der Waals surface area contributed by atoms with Gasteiger partial charge in [-0.1, -0.05) is 60.7 Å². The highest BCUT2D eigenvalue weighted by Gasteiger charge is 2.22. The van der Waals surface area contributed by atoms with Gasteiger partial charge in [0, 0.05) is 33.2 Å². The van der Waals surface area contributed by atoms with E-state index in [0.717, 1.165) is 38.4 Å². The fourth-order valence-electron chi connectivity index (χ4n) is 4.08. The number of aliphatic imine (C=N–C) groups is 1. The molecule has 0 saturated carbocycles. The number of amides is 1. The van der Waals surface area contributed by atoms with Crippen LogP contribution in [0.4, 0.5) is 0 Å². The maximum atomic E-state index is 12.7. The average molecular weight is 516 g/mol.